The zero-order chi connectivity index (χ0) is 23.3. The highest BCUT2D eigenvalue weighted by molar-refractivity contribution is 6.32. The van der Waals surface area contributed by atoms with E-state index in [1.54, 1.807) is 41.3 Å². The van der Waals surface area contributed by atoms with Gasteiger partial charge in [0.1, 0.15) is 5.82 Å². The molecule has 168 valence electrons. The third-order valence-corrected chi connectivity index (χ3v) is 5.13. The number of ether oxygens (including phenoxy) is 2. The normalized spacial score (nSPS) is 11.3. The van der Waals surface area contributed by atoms with Gasteiger partial charge in [0.05, 0.1) is 36.2 Å². The molecule has 3 aromatic rings. The van der Waals surface area contributed by atoms with Crippen LogP contribution in [0.3, 0.4) is 0 Å². The number of carbonyl (C=O) groups is 1. The molecule has 1 amide bonds. The van der Waals surface area contributed by atoms with Crippen LogP contribution in [0, 0.1) is 0 Å². The summed E-state index contributed by atoms with van der Waals surface area (Å²) in [5, 5.41) is 0.914. The van der Waals surface area contributed by atoms with Crippen molar-refractivity contribution in [2.45, 2.75) is 33.4 Å². The number of benzene rings is 2. The molecule has 8 heteroatoms. The third kappa shape index (κ3) is 5.29. The first kappa shape index (κ1) is 23.3. The molecule has 0 aliphatic rings. The van der Waals surface area contributed by atoms with Gasteiger partial charge in [-0.15, -0.1) is 0 Å². The van der Waals surface area contributed by atoms with Gasteiger partial charge in [-0.1, -0.05) is 23.7 Å². The van der Waals surface area contributed by atoms with E-state index in [0.29, 0.717) is 45.4 Å². The largest absolute Gasteiger partial charge is 0.493 e. The number of carbonyl (C=O) groups excluding carboxylic acids is 1. The lowest BCUT2D eigenvalue weighted by molar-refractivity contribution is -0.128. The van der Waals surface area contributed by atoms with Gasteiger partial charge in [0.2, 0.25) is 5.91 Å². The van der Waals surface area contributed by atoms with Gasteiger partial charge in [-0.25, -0.2) is 4.98 Å². The second-order valence-electron chi connectivity index (χ2n) is 7.39. The maximum absolute atomic E-state index is 13.0. The van der Waals surface area contributed by atoms with Crippen molar-refractivity contribution in [3.63, 3.8) is 0 Å². The number of methoxy groups -OCH3 is 1. The summed E-state index contributed by atoms with van der Waals surface area (Å²) in [5.74, 6) is 1.16. The van der Waals surface area contributed by atoms with Crippen molar-refractivity contribution < 1.29 is 14.3 Å². The molecule has 1 aromatic heterocycles. The molecule has 1 heterocycles. The fraction of sp³-hybridized carbons (Fsp3) is 0.292. The Morgan fingerprint density at radius 1 is 1.28 bits per heavy atom. The number of hydrogen-bond donors (Lipinski definition) is 1. The van der Waals surface area contributed by atoms with Crippen LogP contribution in [0.5, 0.6) is 11.5 Å². The highest BCUT2D eigenvalue weighted by atomic mass is 35.5. The number of nitrogens with zero attached hydrogens (tertiary/aromatic N) is 2. The summed E-state index contributed by atoms with van der Waals surface area (Å²) < 4.78 is 10.9. The van der Waals surface area contributed by atoms with E-state index >= 15 is 0 Å². The summed E-state index contributed by atoms with van der Waals surface area (Å²) in [5.41, 5.74) is 1.06. The van der Waals surface area contributed by atoms with Crippen LogP contribution >= 0.6 is 11.6 Å². The molecule has 32 heavy (non-hydrogen) atoms. The van der Waals surface area contributed by atoms with E-state index in [-0.39, 0.29) is 24.1 Å². The first-order valence-electron chi connectivity index (χ1n) is 10.3. The molecule has 0 fully saturated rings. The minimum atomic E-state index is -0.228. The second-order valence-corrected chi connectivity index (χ2v) is 7.80. The third-order valence-electron chi connectivity index (χ3n) is 4.85. The van der Waals surface area contributed by atoms with Crippen LogP contribution in [0.15, 0.2) is 47.3 Å². The Morgan fingerprint density at radius 2 is 2.03 bits per heavy atom. The van der Waals surface area contributed by atoms with Crippen LogP contribution < -0.4 is 15.0 Å². The Hall–Kier alpha value is -3.32. The molecule has 0 spiro atoms. The summed E-state index contributed by atoms with van der Waals surface area (Å²) in [6.07, 6.45) is 3.13. The smallest absolute Gasteiger partial charge is 0.258 e. The van der Waals surface area contributed by atoms with Gasteiger partial charge in [0, 0.05) is 12.1 Å². The molecule has 0 aliphatic carbocycles. The number of H-pyrrole nitrogens is 1. The van der Waals surface area contributed by atoms with E-state index < -0.39 is 0 Å². The van der Waals surface area contributed by atoms with E-state index in [0.717, 1.165) is 0 Å². The summed E-state index contributed by atoms with van der Waals surface area (Å²) in [7, 11) is 1.53. The molecule has 0 saturated heterocycles. The molecule has 0 radical (unpaired) electrons. The Morgan fingerprint density at radius 3 is 2.72 bits per heavy atom. The Balaban J connectivity index is 1.84. The summed E-state index contributed by atoms with van der Waals surface area (Å²) in [4.78, 5) is 34.2. The number of rotatable bonds is 8. The highest BCUT2D eigenvalue weighted by Gasteiger charge is 2.17. The Labute approximate surface area is 191 Å². The number of nitrogens with one attached hydrogen (secondary N) is 1. The molecular formula is C24H26ClN3O4. The first-order chi connectivity index (χ1) is 15.3. The van der Waals surface area contributed by atoms with Crippen molar-refractivity contribution in [3.8, 4) is 11.5 Å². The van der Waals surface area contributed by atoms with Gasteiger partial charge < -0.3 is 19.4 Å². The van der Waals surface area contributed by atoms with E-state index in [1.165, 1.54) is 13.2 Å². The van der Waals surface area contributed by atoms with Gasteiger partial charge in [-0.3, -0.25) is 9.59 Å². The molecule has 0 unspecified atom stereocenters. The molecular weight excluding hydrogens is 430 g/mol. The zero-order valence-corrected chi connectivity index (χ0v) is 19.3. The number of fused-ring (bicyclic) bond motifs is 1. The van der Waals surface area contributed by atoms with Crippen molar-refractivity contribution in [3.05, 3.63) is 69.2 Å². The van der Waals surface area contributed by atoms with E-state index in [4.69, 9.17) is 21.1 Å². The maximum atomic E-state index is 13.0. The average molecular weight is 456 g/mol. The van der Waals surface area contributed by atoms with Gasteiger partial charge >= 0.3 is 0 Å². The lowest BCUT2D eigenvalue weighted by atomic mass is 10.1. The fourth-order valence-electron chi connectivity index (χ4n) is 3.27. The predicted octanol–water partition coefficient (Wildman–Crippen LogP) is 4.43. The summed E-state index contributed by atoms with van der Waals surface area (Å²) in [6, 6.07) is 10.5. The molecule has 0 aliphatic heterocycles. The number of aromatic nitrogens is 2. The van der Waals surface area contributed by atoms with Crippen molar-refractivity contribution >= 4 is 34.5 Å². The maximum Gasteiger partial charge on any atom is 0.258 e. The average Bonchev–Trinajstić information content (AvgIpc) is 2.77. The number of para-hydroxylation sites is 1. The van der Waals surface area contributed by atoms with Crippen LogP contribution in [-0.4, -0.2) is 40.5 Å². The van der Waals surface area contributed by atoms with Crippen molar-refractivity contribution in [2.24, 2.45) is 0 Å². The monoisotopic (exact) mass is 455 g/mol. The molecule has 0 atom stereocenters. The molecule has 0 saturated carbocycles. The van der Waals surface area contributed by atoms with Crippen LogP contribution in [0.1, 0.15) is 32.2 Å². The van der Waals surface area contributed by atoms with E-state index in [9.17, 15) is 9.59 Å². The number of hydrogen-bond acceptors (Lipinski definition) is 5. The van der Waals surface area contributed by atoms with E-state index in [1.807, 2.05) is 26.8 Å². The Bertz CT molecular complexity index is 1200. The highest BCUT2D eigenvalue weighted by Crippen LogP contribution is 2.36. The summed E-state index contributed by atoms with van der Waals surface area (Å²) in [6.45, 7) is 6.30. The molecule has 7 nitrogen and oxygen atoms in total. The zero-order valence-electron chi connectivity index (χ0n) is 18.5. The van der Waals surface area contributed by atoms with Gasteiger partial charge in [0.15, 0.2) is 11.5 Å². The minimum Gasteiger partial charge on any atom is -0.493 e. The van der Waals surface area contributed by atoms with Crippen molar-refractivity contribution in [1.82, 2.24) is 14.9 Å². The first-order valence-corrected chi connectivity index (χ1v) is 10.7. The van der Waals surface area contributed by atoms with Crippen LogP contribution in [0.2, 0.25) is 5.02 Å². The van der Waals surface area contributed by atoms with Gasteiger partial charge in [0.25, 0.3) is 5.56 Å². The van der Waals surface area contributed by atoms with Crippen molar-refractivity contribution in [1.29, 1.82) is 0 Å². The molecule has 3 rings (SSSR count). The quantitative estimate of drug-likeness (QED) is 0.508. The SMILES string of the molecule is CCOc1c(Cl)cc(C=CC(=O)N(Cc2nc3ccccc3c(=O)[nH]2)C(C)C)cc1OC. The molecule has 0 bridgehead atoms. The number of halogens is 1. The number of amides is 1. The number of aromatic amines is 1. The topological polar surface area (TPSA) is 84.5 Å². The van der Waals surface area contributed by atoms with E-state index in [2.05, 4.69) is 9.97 Å². The molecule has 1 N–H and O–H groups in total. The minimum absolute atomic E-state index is 0.109. The van der Waals surface area contributed by atoms with Crippen LogP contribution in [-0.2, 0) is 11.3 Å². The Kier molecular flexibility index (Phi) is 7.53. The second kappa shape index (κ2) is 10.3. The van der Waals surface area contributed by atoms with Crippen LogP contribution in [0.25, 0.3) is 17.0 Å². The molecule has 2 aromatic carbocycles. The lowest BCUT2D eigenvalue weighted by Gasteiger charge is -2.25. The lowest BCUT2D eigenvalue weighted by Crippen LogP contribution is -2.36. The van der Waals surface area contributed by atoms with Gasteiger partial charge in [-0.2, -0.15) is 0 Å². The standard InChI is InChI=1S/C24H26ClN3O4/c1-5-32-23-18(25)12-16(13-20(23)31-4)10-11-22(29)28(15(2)3)14-21-26-19-9-7-6-8-17(19)24(30)27-21/h6-13,15H,5,14H2,1-4H3,(H,26,27,30). The van der Waals surface area contributed by atoms with Crippen LogP contribution in [0.4, 0.5) is 0 Å². The van der Waals surface area contributed by atoms with Gasteiger partial charge in [-0.05, 0) is 56.7 Å². The van der Waals surface area contributed by atoms with Crippen molar-refractivity contribution in [2.75, 3.05) is 13.7 Å². The predicted molar refractivity (Wildman–Crippen MR) is 126 cm³/mol. The summed E-state index contributed by atoms with van der Waals surface area (Å²) >= 11 is 6.31. The fourth-order valence-corrected chi connectivity index (χ4v) is 3.54.